The lowest BCUT2D eigenvalue weighted by Crippen LogP contribution is -2.15. The van der Waals surface area contributed by atoms with Crippen molar-refractivity contribution in [2.45, 2.75) is 11.3 Å². The van der Waals surface area contributed by atoms with Crippen molar-refractivity contribution in [3.8, 4) is 0 Å². The third-order valence-corrected chi connectivity index (χ3v) is 3.75. The normalized spacial score (nSPS) is 11.2. The fraction of sp³-hybridized carbons (Fsp3) is 0.0769. The molecule has 2 aromatic rings. The summed E-state index contributed by atoms with van der Waals surface area (Å²) in [6.07, 6.45) is 0.264. The van der Waals surface area contributed by atoms with Gasteiger partial charge in [0.05, 0.1) is 4.92 Å². The number of benzene rings is 2. The van der Waals surface area contributed by atoms with Crippen LogP contribution in [-0.4, -0.2) is 13.3 Å². The van der Waals surface area contributed by atoms with Crippen LogP contribution in [0.4, 0.5) is 5.69 Å². The van der Waals surface area contributed by atoms with Gasteiger partial charge in [0.2, 0.25) is 10.0 Å². The molecule has 0 aliphatic rings. The van der Waals surface area contributed by atoms with Crippen LogP contribution in [0.3, 0.4) is 0 Å². The maximum atomic E-state index is 11.4. The van der Waals surface area contributed by atoms with Crippen molar-refractivity contribution < 1.29 is 13.3 Å². The average molecular weight is 292 g/mol. The number of nitro benzene ring substituents is 1. The number of hydrogen-bond acceptors (Lipinski definition) is 4. The number of para-hydroxylation sites is 1. The van der Waals surface area contributed by atoms with Crippen molar-refractivity contribution in [1.82, 2.24) is 0 Å². The number of primary sulfonamides is 1. The predicted octanol–water partition coefficient (Wildman–Crippen LogP) is 1.83. The monoisotopic (exact) mass is 292 g/mol. The average Bonchev–Trinajstić information content (AvgIpc) is 2.38. The van der Waals surface area contributed by atoms with E-state index in [2.05, 4.69) is 0 Å². The summed E-state index contributed by atoms with van der Waals surface area (Å²) in [6.45, 7) is 0. The van der Waals surface area contributed by atoms with Gasteiger partial charge in [0.1, 0.15) is 0 Å². The Bertz CT molecular complexity index is 742. The quantitative estimate of drug-likeness (QED) is 0.685. The van der Waals surface area contributed by atoms with Crippen LogP contribution in [0.25, 0.3) is 0 Å². The second-order valence-electron chi connectivity index (χ2n) is 4.23. The SMILES string of the molecule is NS(=O)(=O)c1cccc(Cc2ccccc2)c1[N+](=O)[O-]. The fourth-order valence-electron chi connectivity index (χ4n) is 1.96. The van der Waals surface area contributed by atoms with E-state index in [0.717, 1.165) is 11.6 Å². The lowest BCUT2D eigenvalue weighted by Gasteiger charge is -2.06. The van der Waals surface area contributed by atoms with Crippen molar-refractivity contribution in [2.24, 2.45) is 5.14 Å². The molecule has 0 fully saturated rings. The number of sulfonamides is 1. The van der Waals surface area contributed by atoms with Crippen LogP contribution in [0, 0.1) is 10.1 Å². The summed E-state index contributed by atoms with van der Waals surface area (Å²) in [5, 5.41) is 16.2. The standard InChI is InChI=1S/C13H12N2O4S/c14-20(18,19)12-8-4-7-11(13(12)15(16)17)9-10-5-2-1-3-6-10/h1-8H,9H2,(H2,14,18,19). The molecule has 0 bridgehead atoms. The maximum Gasteiger partial charge on any atom is 0.292 e. The van der Waals surface area contributed by atoms with E-state index in [1.807, 2.05) is 30.3 Å². The second kappa shape index (κ2) is 5.40. The van der Waals surface area contributed by atoms with Gasteiger partial charge in [-0.2, -0.15) is 0 Å². The molecule has 0 radical (unpaired) electrons. The molecule has 0 unspecified atom stereocenters. The summed E-state index contributed by atoms with van der Waals surface area (Å²) < 4.78 is 22.9. The van der Waals surface area contributed by atoms with Gasteiger partial charge in [-0.05, 0) is 11.6 Å². The second-order valence-corrected chi connectivity index (χ2v) is 5.76. The first kappa shape index (κ1) is 14.2. The number of hydrogen-bond donors (Lipinski definition) is 1. The summed E-state index contributed by atoms with van der Waals surface area (Å²) in [5.74, 6) is 0. The lowest BCUT2D eigenvalue weighted by molar-refractivity contribution is -0.388. The lowest BCUT2D eigenvalue weighted by atomic mass is 10.0. The molecule has 7 heteroatoms. The molecule has 0 saturated carbocycles. The van der Waals surface area contributed by atoms with Crippen LogP contribution in [-0.2, 0) is 16.4 Å². The molecule has 0 aromatic heterocycles. The van der Waals surface area contributed by atoms with Crippen molar-refractivity contribution in [3.63, 3.8) is 0 Å². The summed E-state index contributed by atoms with van der Waals surface area (Å²) in [7, 11) is -4.13. The Balaban J connectivity index is 2.57. The smallest absolute Gasteiger partial charge is 0.258 e. The molecule has 0 amide bonds. The topological polar surface area (TPSA) is 103 Å². The Hall–Kier alpha value is -2.25. The molecule has 0 saturated heterocycles. The third kappa shape index (κ3) is 3.01. The Morgan fingerprint density at radius 1 is 1.05 bits per heavy atom. The minimum atomic E-state index is -4.13. The van der Waals surface area contributed by atoms with Crippen LogP contribution >= 0.6 is 0 Å². The van der Waals surface area contributed by atoms with Crippen LogP contribution in [0.5, 0.6) is 0 Å². The molecule has 2 N–H and O–H groups in total. The van der Waals surface area contributed by atoms with Gasteiger partial charge in [-0.15, -0.1) is 0 Å². The van der Waals surface area contributed by atoms with E-state index >= 15 is 0 Å². The first-order chi connectivity index (χ1) is 9.39. The fourth-order valence-corrected chi connectivity index (χ4v) is 2.71. The molecule has 104 valence electrons. The van der Waals surface area contributed by atoms with E-state index in [1.165, 1.54) is 12.1 Å². The van der Waals surface area contributed by atoms with Gasteiger partial charge in [0, 0.05) is 12.0 Å². The van der Waals surface area contributed by atoms with Gasteiger partial charge in [-0.1, -0.05) is 42.5 Å². The summed E-state index contributed by atoms with van der Waals surface area (Å²) in [4.78, 5) is 9.99. The van der Waals surface area contributed by atoms with Crippen molar-refractivity contribution in [2.75, 3.05) is 0 Å². The van der Waals surface area contributed by atoms with Gasteiger partial charge in [-0.3, -0.25) is 10.1 Å². The van der Waals surface area contributed by atoms with Gasteiger partial charge in [0.15, 0.2) is 4.90 Å². The summed E-state index contributed by atoms with van der Waals surface area (Å²) in [5.41, 5.74) is 0.703. The van der Waals surface area contributed by atoms with E-state index in [4.69, 9.17) is 5.14 Å². The first-order valence-electron chi connectivity index (χ1n) is 5.72. The zero-order valence-corrected chi connectivity index (χ0v) is 11.2. The first-order valence-corrected chi connectivity index (χ1v) is 7.27. The number of nitrogens with zero attached hydrogens (tertiary/aromatic N) is 1. The molecule has 6 nitrogen and oxygen atoms in total. The highest BCUT2D eigenvalue weighted by molar-refractivity contribution is 7.89. The zero-order chi connectivity index (χ0) is 14.8. The van der Waals surface area contributed by atoms with Crippen LogP contribution in [0.2, 0.25) is 0 Å². The maximum absolute atomic E-state index is 11.4. The molecule has 0 atom stereocenters. The van der Waals surface area contributed by atoms with Crippen LogP contribution < -0.4 is 5.14 Å². The number of nitrogens with two attached hydrogens (primary N) is 1. The Kier molecular flexibility index (Phi) is 3.82. The van der Waals surface area contributed by atoms with Gasteiger partial charge in [-0.25, -0.2) is 13.6 Å². The summed E-state index contributed by atoms with van der Waals surface area (Å²) in [6, 6.07) is 13.2. The third-order valence-electron chi connectivity index (χ3n) is 2.81. The molecular formula is C13H12N2O4S. The van der Waals surface area contributed by atoms with Crippen molar-refractivity contribution in [1.29, 1.82) is 0 Å². The van der Waals surface area contributed by atoms with E-state index in [1.54, 1.807) is 0 Å². The van der Waals surface area contributed by atoms with Crippen LogP contribution in [0.1, 0.15) is 11.1 Å². The van der Waals surface area contributed by atoms with E-state index in [9.17, 15) is 18.5 Å². The molecule has 20 heavy (non-hydrogen) atoms. The molecule has 0 aliphatic heterocycles. The van der Waals surface area contributed by atoms with Gasteiger partial charge < -0.3 is 0 Å². The molecular weight excluding hydrogens is 280 g/mol. The molecule has 2 rings (SSSR count). The highest BCUT2D eigenvalue weighted by Gasteiger charge is 2.26. The highest BCUT2D eigenvalue weighted by atomic mass is 32.2. The Morgan fingerprint density at radius 2 is 1.70 bits per heavy atom. The number of rotatable bonds is 4. The highest BCUT2D eigenvalue weighted by Crippen LogP contribution is 2.28. The Morgan fingerprint density at radius 3 is 2.25 bits per heavy atom. The minimum absolute atomic E-state index is 0.264. The molecule has 0 spiro atoms. The molecule has 2 aromatic carbocycles. The summed E-state index contributed by atoms with van der Waals surface area (Å²) >= 11 is 0. The number of nitro groups is 1. The van der Waals surface area contributed by atoms with E-state index in [-0.39, 0.29) is 6.42 Å². The Labute approximate surface area is 116 Å². The molecule has 0 aliphatic carbocycles. The van der Waals surface area contributed by atoms with E-state index < -0.39 is 25.5 Å². The molecule has 0 heterocycles. The van der Waals surface area contributed by atoms with Crippen molar-refractivity contribution in [3.05, 3.63) is 69.8 Å². The van der Waals surface area contributed by atoms with Crippen LogP contribution in [0.15, 0.2) is 53.4 Å². The van der Waals surface area contributed by atoms with Crippen molar-refractivity contribution >= 4 is 15.7 Å². The van der Waals surface area contributed by atoms with E-state index in [0.29, 0.717) is 5.56 Å². The van der Waals surface area contributed by atoms with Gasteiger partial charge in [0.25, 0.3) is 5.69 Å². The van der Waals surface area contributed by atoms with Gasteiger partial charge >= 0.3 is 0 Å². The largest absolute Gasteiger partial charge is 0.292 e. The minimum Gasteiger partial charge on any atom is -0.258 e. The zero-order valence-electron chi connectivity index (χ0n) is 10.4. The predicted molar refractivity (Wildman–Crippen MR) is 73.7 cm³/mol.